The van der Waals surface area contributed by atoms with Gasteiger partial charge in [0.15, 0.2) is 11.5 Å². The fourth-order valence-electron chi connectivity index (χ4n) is 1.22. The Balaban J connectivity index is 3.20. The van der Waals surface area contributed by atoms with Crippen molar-refractivity contribution in [1.82, 2.24) is 0 Å². The highest BCUT2D eigenvalue weighted by Gasteiger charge is 2.10. The molecule has 78 valence electrons. The van der Waals surface area contributed by atoms with E-state index >= 15 is 0 Å². The Hall–Kier alpha value is -1.42. The fraction of sp³-hybridized carbons (Fsp3) is 0.400. The van der Waals surface area contributed by atoms with E-state index in [4.69, 9.17) is 19.3 Å². The van der Waals surface area contributed by atoms with Crippen molar-refractivity contribution in [2.75, 3.05) is 21.3 Å². The monoisotopic (exact) mass is 198 g/mol. The predicted octanol–water partition coefficient (Wildman–Crippen LogP) is 1.20. The SMILES string of the molecule is COc1cc(OC)c(OC)cc1CO. The van der Waals surface area contributed by atoms with Gasteiger partial charge in [0.25, 0.3) is 0 Å². The van der Waals surface area contributed by atoms with E-state index in [0.717, 1.165) is 0 Å². The maximum absolute atomic E-state index is 9.06. The van der Waals surface area contributed by atoms with Crippen LogP contribution in [0.4, 0.5) is 0 Å². The number of rotatable bonds is 4. The summed E-state index contributed by atoms with van der Waals surface area (Å²) in [6, 6.07) is 3.38. The summed E-state index contributed by atoms with van der Waals surface area (Å²) in [4.78, 5) is 0. The highest BCUT2D eigenvalue weighted by atomic mass is 16.5. The molecule has 0 aliphatic carbocycles. The van der Waals surface area contributed by atoms with Crippen LogP contribution in [0.2, 0.25) is 0 Å². The van der Waals surface area contributed by atoms with Crippen LogP contribution in [0.15, 0.2) is 12.1 Å². The topological polar surface area (TPSA) is 47.9 Å². The van der Waals surface area contributed by atoms with Crippen molar-refractivity contribution in [2.24, 2.45) is 0 Å². The molecular formula is C10H14O4. The van der Waals surface area contributed by atoms with Gasteiger partial charge in [-0.15, -0.1) is 0 Å². The number of methoxy groups -OCH3 is 3. The van der Waals surface area contributed by atoms with Crippen LogP contribution in [0.5, 0.6) is 17.2 Å². The lowest BCUT2D eigenvalue weighted by Crippen LogP contribution is -1.96. The molecule has 0 aliphatic rings. The maximum Gasteiger partial charge on any atom is 0.164 e. The van der Waals surface area contributed by atoms with Crippen molar-refractivity contribution in [1.29, 1.82) is 0 Å². The van der Waals surface area contributed by atoms with Crippen LogP contribution in [0, 0.1) is 0 Å². The molecular weight excluding hydrogens is 184 g/mol. The van der Waals surface area contributed by atoms with Crippen molar-refractivity contribution >= 4 is 0 Å². The molecule has 0 saturated carbocycles. The van der Waals surface area contributed by atoms with Gasteiger partial charge >= 0.3 is 0 Å². The van der Waals surface area contributed by atoms with Crippen LogP contribution in [-0.2, 0) is 6.61 Å². The summed E-state index contributed by atoms with van der Waals surface area (Å²) < 4.78 is 15.3. The minimum atomic E-state index is -0.0937. The molecule has 0 spiro atoms. The molecule has 0 bridgehead atoms. The first-order chi connectivity index (χ1) is 6.76. The van der Waals surface area contributed by atoms with E-state index in [1.54, 1.807) is 33.5 Å². The van der Waals surface area contributed by atoms with E-state index < -0.39 is 0 Å². The van der Waals surface area contributed by atoms with Crippen LogP contribution < -0.4 is 14.2 Å². The second-order valence-electron chi connectivity index (χ2n) is 2.68. The van der Waals surface area contributed by atoms with Gasteiger partial charge in [0.05, 0.1) is 27.9 Å². The summed E-state index contributed by atoms with van der Waals surface area (Å²) in [5.41, 5.74) is 0.671. The third-order valence-electron chi connectivity index (χ3n) is 1.96. The molecule has 1 aromatic carbocycles. The molecule has 14 heavy (non-hydrogen) atoms. The fourth-order valence-corrected chi connectivity index (χ4v) is 1.22. The number of ether oxygens (including phenoxy) is 3. The van der Waals surface area contributed by atoms with Gasteiger partial charge in [-0.3, -0.25) is 0 Å². The van der Waals surface area contributed by atoms with Gasteiger partial charge in [0, 0.05) is 11.6 Å². The van der Waals surface area contributed by atoms with Crippen LogP contribution in [0.3, 0.4) is 0 Å². The average molecular weight is 198 g/mol. The summed E-state index contributed by atoms with van der Waals surface area (Å²) in [5.74, 6) is 1.75. The maximum atomic E-state index is 9.06. The van der Waals surface area contributed by atoms with Gasteiger partial charge in [-0.1, -0.05) is 0 Å². The Morgan fingerprint density at radius 1 is 0.929 bits per heavy atom. The minimum absolute atomic E-state index is 0.0937. The van der Waals surface area contributed by atoms with Crippen molar-refractivity contribution in [3.8, 4) is 17.2 Å². The zero-order valence-corrected chi connectivity index (χ0v) is 8.53. The number of benzene rings is 1. The van der Waals surface area contributed by atoms with Crippen LogP contribution >= 0.6 is 0 Å². The van der Waals surface area contributed by atoms with Gasteiger partial charge in [-0.05, 0) is 6.07 Å². The Morgan fingerprint density at radius 2 is 1.43 bits per heavy atom. The predicted molar refractivity (Wildman–Crippen MR) is 52.0 cm³/mol. The first kappa shape index (κ1) is 10.7. The average Bonchev–Trinajstić information content (AvgIpc) is 2.26. The molecule has 1 rings (SSSR count). The Morgan fingerprint density at radius 3 is 1.86 bits per heavy atom. The zero-order valence-electron chi connectivity index (χ0n) is 8.53. The lowest BCUT2D eigenvalue weighted by Gasteiger charge is -2.12. The van der Waals surface area contributed by atoms with Gasteiger partial charge in [0.1, 0.15) is 5.75 Å². The van der Waals surface area contributed by atoms with E-state index in [-0.39, 0.29) is 6.61 Å². The first-order valence-electron chi connectivity index (χ1n) is 4.16. The Bertz CT molecular complexity index is 251. The molecule has 1 N–H and O–H groups in total. The van der Waals surface area contributed by atoms with Gasteiger partial charge in [-0.2, -0.15) is 0 Å². The number of aliphatic hydroxyl groups excluding tert-OH is 1. The summed E-state index contributed by atoms with van der Waals surface area (Å²) in [6.45, 7) is -0.0937. The number of aliphatic hydroxyl groups is 1. The van der Waals surface area contributed by atoms with Crippen molar-refractivity contribution < 1.29 is 19.3 Å². The van der Waals surface area contributed by atoms with Crippen LogP contribution in [0.1, 0.15) is 5.56 Å². The molecule has 0 aliphatic heterocycles. The standard InChI is InChI=1S/C10H14O4/c1-12-8-5-10(14-3)9(13-2)4-7(8)6-11/h4-5,11H,6H2,1-3H3. The second-order valence-corrected chi connectivity index (χ2v) is 2.68. The van der Waals surface area contributed by atoms with E-state index in [0.29, 0.717) is 22.8 Å². The summed E-state index contributed by atoms with van der Waals surface area (Å²) in [5, 5.41) is 9.06. The summed E-state index contributed by atoms with van der Waals surface area (Å²) in [6.07, 6.45) is 0. The van der Waals surface area contributed by atoms with Crippen molar-refractivity contribution in [3.63, 3.8) is 0 Å². The Labute approximate surface area is 83.0 Å². The Kier molecular flexibility index (Phi) is 3.59. The second kappa shape index (κ2) is 4.72. The third kappa shape index (κ3) is 1.90. The number of hydrogen-bond donors (Lipinski definition) is 1. The molecule has 0 unspecified atom stereocenters. The molecule has 0 aromatic heterocycles. The van der Waals surface area contributed by atoms with E-state index in [1.807, 2.05) is 0 Å². The van der Waals surface area contributed by atoms with Gasteiger partial charge in [0.2, 0.25) is 0 Å². The third-order valence-corrected chi connectivity index (χ3v) is 1.96. The minimum Gasteiger partial charge on any atom is -0.496 e. The smallest absolute Gasteiger partial charge is 0.164 e. The van der Waals surface area contributed by atoms with Gasteiger partial charge in [-0.25, -0.2) is 0 Å². The molecule has 0 saturated heterocycles. The molecule has 0 atom stereocenters. The molecule has 0 amide bonds. The molecule has 1 aromatic rings. The molecule has 0 radical (unpaired) electrons. The van der Waals surface area contributed by atoms with Crippen molar-refractivity contribution in [3.05, 3.63) is 17.7 Å². The lowest BCUT2D eigenvalue weighted by molar-refractivity contribution is 0.271. The molecule has 0 fully saturated rings. The highest BCUT2D eigenvalue weighted by molar-refractivity contribution is 5.50. The summed E-state index contributed by atoms with van der Waals surface area (Å²) in [7, 11) is 4.64. The van der Waals surface area contributed by atoms with E-state index in [2.05, 4.69) is 0 Å². The van der Waals surface area contributed by atoms with Gasteiger partial charge < -0.3 is 19.3 Å². The highest BCUT2D eigenvalue weighted by Crippen LogP contribution is 2.34. The largest absolute Gasteiger partial charge is 0.496 e. The summed E-state index contributed by atoms with van der Waals surface area (Å²) >= 11 is 0. The van der Waals surface area contributed by atoms with Crippen LogP contribution in [-0.4, -0.2) is 26.4 Å². The molecule has 4 nitrogen and oxygen atoms in total. The van der Waals surface area contributed by atoms with Crippen LogP contribution in [0.25, 0.3) is 0 Å². The zero-order chi connectivity index (χ0) is 10.6. The molecule has 4 heteroatoms. The quantitative estimate of drug-likeness (QED) is 0.789. The lowest BCUT2D eigenvalue weighted by atomic mass is 10.2. The normalized spacial score (nSPS) is 9.71. The van der Waals surface area contributed by atoms with E-state index in [1.165, 1.54) is 0 Å². The van der Waals surface area contributed by atoms with E-state index in [9.17, 15) is 0 Å². The molecule has 0 heterocycles. The number of hydrogen-bond acceptors (Lipinski definition) is 4. The first-order valence-corrected chi connectivity index (χ1v) is 4.16. The van der Waals surface area contributed by atoms with Crippen molar-refractivity contribution in [2.45, 2.75) is 6.61 Å².